The van der Waals surface area contributed by atoms with Crippen molar-refractivity contribution >= 4 is 34.2 Å². The number of aryl methyl sites for hydroxylation is 2. The van der Waals surface area contributed by atoms with Crippen molar-refractivity contribution in [2.45, 2.75) is 13.8 Å². The van der Waals surface area contributed by atoms with Crippen LogP contribution in [0.5, 0.6) is 5.75 Å². The number of esters is 1. The largest absolute Gasteiger partial charge is 0.436 e. The summed E-state index contributed by atoms with van der Waals surface area (Å²) in [6.07, 6.45) is 0. The summed E-state index contributed by atoms with van der Waals surface area (Å²) in [6, 6.07) is 21.3. The van der Waals surface area contributed by atoms with Gasteiger partial charge in [0, 0.05) is 0 Å². The van der Waals surface area contributed by atoms with Gasteiger partial charge in [-0.3, -0.25) is 4.90 Å². The van der Waals surface area contributed by atoms with Gasteiger partial charge in [-0.05, 0) is 49.7 Å². The Bertz CT molecular complexity index is 1210. The molecule has 1 aromatic heterocycles. The number of ether oxygens (including phenoxy) is 1. The zero-order chi connectivity index (χ0) is 18.5. The lowest BCUT2D eigenvalue weighted by molar-refractivity contribution is 0.0740. The highest BCUT2D eigenvalue weighted by atomic mass is 16.5. The predicted molar refractivity (Wildman–Crippen MR) is 105 cm³/mol. The molecule has 0 fully saturated rings. The quantitative estimate of drug-likeness (QED) is 0.390. The van der Waals surface area contributed by atoms with Crippen molar-refractivity contribution < 1.29 is 13.9 Å². The lowest BCUT2D eigenvalue weighted by Crippen LogP contribution is -2.13. The van der Waals surface area contributed by atoms with E-state index in [0.717, 1.165) is 22.3 Å². The number of hydrogen-bond donors (Lipinski definition) is 0. The highest BCUT2D eigenvalue weighted by Crippen LogP contribution is 2.49. The summed E-state index contributed by atoms with van der Waals surface area (Å²) < 4.78 is 12.0. The SMILES string of the molecule is Cc1ccc(N2c3ccccc3C(=O)Oc3c2oc2ccccc32)c(C)c1. The molecule has 0 spiro atoms. The van der Waals surface area contributed by atoms with Gasteiger partial charge in [-0.15, -0.1) is 0 Å². The van der Waals surface area contributed by atoms with E-state index in [1.165, 1.54) is 5.56 Å². The standard InChI is InChI=1S/C23H17NO3/c1-14-11-12-18(15(2)13-14)24-19-9-5-3-7-16(19)23(25)27-21-17-8-4-6-10-20(17)26-22(21)24/h3-13H,1-2H3. The molecule has 0 atom stereocenters. The fraction of sp³-hybridized carbons (Fsp3) is 0.0870. The van der Waals surface area contributed by atoms with Crippen LogP contribution in [0.2, 0.25) is 0 Å². The van der Waals surface area contributed by atoms with Gasteiger partial charge in [0.25, 0.3) is 0 Å². The summed E-state index contributed by atoms with van der Waals surface area (Å²) in [5.74, 6) is 0.582. The number of benzene rings is 3. The van der Waals surface area contributed by atoms with E-state index in [9.17, 15) is 4.79 Å². The predicted octanol–water partition coefficient (Wildman–Crippen LogP) is 6.05. The molecule has 0 unspecified atom stereocenters. The van der Waals surface area contributed by atoms with E-state index < -0.39 is 0 Å². The molecule has 0 saturated heterocycles. The van der Waals surface area contributed by atoms with Crippen molar-refractivity contribution in [2.75, 3.05) is 4.90 Å². The van der Waals surface area contributed by atoms with Crippen LogP contribution < -0.4 is 9.64 Å². The highest BCUT2D eigenvalue weighted by molar-refractivity contribution is 6.06. The molecule has 1 aliphatic heterocycles. The van der Waals surface area contributed by atoms with E-state index in [1.54, 1.807) is 6.07 Å². The van der Waals surface area contributed by atoms with Gasteiger partial charge in [-0.1, -0.05) is 42.0 Å². The summed E-state index contributed by atoms with van der Waals surface area (Å²) in [5, 5.41) is 0.781. The van der Waals surface area contributed by atoms with Gasteiger partial charge in [-0.25, -0.2) is 4.79 Å². The Morgan fingerprint density at radius 3 is 2.48 bits per heavy atom. The van der Waals surface area contributed by atoms with Crippen molar-refractivity contribution in [3.63, 3.8) is 0 Å². The van der Waals surface area contributed by atoms with Crippen LogP contribution in [0.25, 0.3) is 11.0 Å². The minimum atomic E-state index is -0.384. The molecule has 0 aliphatic carbocycles. The van der Waals surface area contributed by atoms with Crippen LogP contribution in [0.15, 0.2) is 71.1 Å². The first-order chi connectivity index (χ1) is 13.1. The number of furan rings is 1. The number of fused-ring (bicyclic) bond motifs is 4. The molecule has 4 nitrogen and oxygen atoms in total. The first-order valence-electron chi connectivity index (χ1n) is 8.83. The third-order valence-corrected chi connectivity index (χ3v) is 4.89. The van der Waals surface area contributed by atoms with Gasteiger partial charge in [0.2, 0.25) is 11.6 Å². The molecular formula is C23H17NO3. The van der Waals surface area contributed by atoms with Crippen LogP contribution >= 0.6 is 0 Å². The molecule has 4 aromatic rings. The number of para-hydroxylation sites is 2. The first-order valence-corrected chi connectivity index (χ1v) is 8.83. The molecule has 0 saturated carbocycles. The van der Waals surface area contributed by atoms with Crippen molar-refractivity contribution in [3.8, 4) is 5.75 Å². The summed E-state index contributed by atoms with van der Waals surface area (Å²) in [6.45, 7) is 4.12. The number of rotatable bonds is 1. The highest BCUT2D eigenvalue weighted by Gasteiger charge is 2.33. The second-order valence-electron chi connectivity index (χ2n) is 6.76. The molecule has 0 N–H and O–H groups in total. The fourth-order valence-corrected chi connectivity index (χ4v) is 3.65. The Labute approximate surface area is 156 Å². The van der Waals surface area contributed by atoms with Crippen LogP contribution in [-0.2, 0) is 0 Å². The van der Waals surface area contributed by atoms with Gasteiger partial charge in [-0.2, -0.15) is 0 Å². The molecule has 0 amide bonds. The average Bonchev–Trinajstić information content (AvgIpc) is 2.97. The summed E-state index contributed by atoms with van der Waals surface area (Å²) >= 11 is 0. The van der Waals surface area contributed by atoms with E-state index in [0.29, 0.717) is 22.8 Å². The van der Waals surface area contributed by atoms with Crippen LogP contribution in [0.4, 0.5) is 17.3 Å². The zero-order valence-corrected chi connectivity index (χ0v) is 15.0. The number of carbonyl (C=O) groups is 1. The Hall–Kier alpha value is -3.53. The summed E-state index contributed by atoms with van der Waals surface area (Å²) in [5.41, 5.74) is 5.15. The maximum absolute atomic E-state index is 12.8. The maximum Gasteiger partial charge on any atom is 0.345 e. The van der Waals surface area contributed by atoms with E-state index >= 15 is 0 Å². The summed E-state index contributed by atoms with van der Waals surface area (Å²) in [4.78, 5) is 14.8. The van der Waals surface area contributed by atoms with Crippen LogP contribution in [0.3, 0.4) is 0 Å². The molecule has 27 heavy (non-hydrogen) atoms. The molecule has 0 radical (unpaired) electrons. The van der Waals surface area contributed by atoms with Gasteiger partial charge >= 0.3 is 5.97 Å². The third kappa shape index (κ3) is 2.34. The lowest BCUT2D eigenvalue weighted by atomic mass is 10.1. The number of nitrogens with zero attached hydrogens (tertiary/aromatic N) is 1. The number of carbonyl (C=O) groups excluding carboxylic acids is 1. The molecule has 3 aromatic carbocycles. The van der Waals surface area contributed by atoms with Crippen LogP contribution in [0, 0.1) is 13.8 Å². The van der Waals surface area contributed by atoms with Gasteiger partial charge in [0.1, 0.15) is 5.58 Å². The normalized spacial score (nSPS) is 13.1. The Morgan fingerprint density at radius 2 is 1.63 bits per heavy atom. The minimum Gasteiger partial charge on any atom is -0.436 e. The first kappa shape index (κ1) is 15.7. The van der Waals surface area contributed by atoms with Crippen molar-refractivity contribution in [3.05, 3.63) is 83.4 Å². The fourth-order valence-electron chi connectivity index (χ4n) is 3.65. The van der Waals surface area contributed by atoms with Crippen molar-refractivity contribution in [2.24, 2.45) is 0 Å². The number of anilines is 3. The Balaban J connectivity index is 1.88. The van der Waals surface area contributed by atoms with Gasteiger partial charge in [0.05, 0.1) is 22.3 Å². The zero-order valence-electron chi connectivity index (χ0n) is 15.0. The van der Waals surface area contributed by atoms with Crippen LogP contribution in [-0.4, -0.2) is 5.97 Å². The molecule has 5 rings (SSSR count). The molecule has 1 aliphatic rings. The van der Waals surface area contributed by atoms with Crippen LogP contribution in [0.1, 0.15) is 21.5 Å². The lowest BCUT2D eigenvalue weighted by Gasteiger charge is -2.24. The summed E-state index contributed by atoms with van der Waals surface area (Å²) in [7, 11) is 0. The Kier molecular flexibility index (Phi) is 3.34. The third-order valence-electron chi connectivity index (χ3n) is 4.89. The van der Waals surface area contributed by atoms with E-state index in [1.807, 2.05) is 53.4 Å². The maximum atomic E-state index is 12.8. The smallest absolute Gasteiger partial charge is 0.345 e. The number of hydrogen-bond acceptors (Lipinski definition) is 4. The van der Waals surface area contributed by atoms with E-state index in [2.05, 4.69) is 26.0 Å². The molecule has 2 heterocycles. The van der Waals surface area contributed by atoms with E-state index in [-0.39, 0.29) is 5.97 Å². The minimum absolute atomic E-state index is 0.384. The molecule has 0 bridgehead atoms. The topological polar surface area (TPSA) is 42.7 Å². The van der Waals surface area contributed by atoms with Gasteiger partial charge < -0.3 is 9.15 Å². The average molecular weight is 355 g/mol. The second-order valence-corrected chi connectivity index (χ2v) is 6.76. The van der Waals surface area contributed by atoms with Crippen molar-refractivity contribution in [1.29, 1.82) is 0 Å². The van der Waals surface area contributed by atoms with Crippen molar-refractivity contribution in [1.82, 2.24) is 0 Å². The molecular weight excluding hydrogens is 338 g/mol. The molecule has 132 valence electrons. The second kappa shape index (κ2) is 5.74. The van der Waals surface area contributed by atoms with E-state index in [4.69, 9.17) is 9.15 Å². The van der Waals surface area contributed by atoms with Gasteiger partial charge in [0.15, 0.2) is 0 Å². The molecule has 4 heteroatoms. The monoisotopic (exact) mass is 355 g/mol. The Morgan fingerprint density at radius 1 is 0.852 bits per heavy atom.